The van der Waals surface area contributed by atoms with Crippen LogP contribution in [-0.4, -0.2) is 68.6 Å². The highest BCUT2D eigenvalue weighted by atomic mass is 16.5. The van der Waals surface area contributed by atoms with E-state index in [1.54, 1.807) is 4.90 Å². The number of hydrogen-bond donors (Lipinski definition) is 2. The smallest absolute Gasteiger partial charge is 0.227 e. The maximum absolute atomic E-state index is 12.8. The van der Waals surface area contributed by atoms with Crippen LogP contribution >= 0.6 is 0 Å². The van der Waals surface area contributed by atoms with Crippen molar-refractivity contribution in [3.8, 4) is 5.75 Å². The first-order valence-corrected chi connectivity index (χ1v) is 12.5. The minimum absolute atomic E-state index is 0.0421. The van der Waals surface area contributed by atoms with Crippen LogP contribution in [0.2, 0.25) is 0 Å². The quantitative estimate of drug-likeness (QED) is 0.526. The molecule has 2 aromatic carbocycles. The molecule has 0 bridgehead atoms. The fraction of sp³-hybridized carbons (Fsp3) is 0.444. The van der Waals surface area contributed by atoms with Gasteiger partial charge >= 0.3 is 0 Å². The molecule has 0 spiro atoms. The van der Waals surface area contributed by atoms with Gasteiger partial charge in [-0.1, -0.05) is 24.3 Å². The molecule has 2 aliphatic rings. The maximum Gasteiger partial charge on any atom is 0.227 e. The summed E-state index contributed by atoms with van der Waals surface area (Å²) < 4.78 is 11.0. The first kappa shape index (κ1) is 25.7. The number of carbonyl (C=O) groups excluding carboxylic acids is 3. The van der Waals surface area contributed by atoms with Gasteiger partial charge in [-0.2, -0.15) is 0 Å². The zero-order valence-electron chi connectivity index (χ0n) is 20.7. The van der Waals surface area contributed by atoms with Gasteiger partial charge in [0.15, 0.2) is 0 Å². The summed E-state index contributed by atoms with van der Waals surface area (Å²) in [6.07, 6.45) is 0.575. The molecule has 0 aliphatic carbocycles. The van der Waals surface area contributed by atoms with E-state index < -0.39 is 5.92 Å². The van der Waals surface area contributed by atoms with Crippen LogP contribution < -0.4 is 20.3 Å². The number of hydrogen-bond acceptors (Lipinski definition) is 6. The fourth-order valence-electron chi connectivity index (χ4n) is 4.47. The average Bonchev–Trinajstić information content (AvgIpc) is 3.29. The zero-order chi connectivity index (χ0) is 25.3. The van der Waals surface area contributed by atoms with E-state index in [1.165, 1.54) is 0 Å². The molecule has 0 saturated carbocycles. The molecule has 2 aromatic rings. The van der Waals surface area contributed by atoms with E-state index in [0.29, 0.717) is 63.0 Å². The molecule has 2 aliphatic heterocycles. The molecule has 0 radical (unpaired) electrons. The molecule has 0 aromatic heterocycles. The van der Waals surface area contributed by atoms with Gasteiger partial charge < -0.3 is 25.0 Å². The first-order chi connectivity index (χ1) is 17.5. The molecule has 36 heavy (non-hydrogen) atoms. The van der Waals surface area contributed by atoms with E-state index >= 15 is 0 Å². The molecule has 3 amide bonds. The van der Waals surface area contributed by atoms with Crippen molar-refractivity contribution in [3.05, 3.63) is 54.1 Å². The number of nitrogens with one attached hydrogen (secondary N) is 2. The van der Waals surface area contributed by atoms with E-state index in [2.05, 4.69) is 15.5 Å². The molecule has 9 heteroatoms. The Labute approximate surface area is 211 Å². The Morgan fingerprint density at radius 3 is 2.72 bits per heavy atom. The van der Waals surface area contributed by atoms with Crippen LogP contribution in [0.25, 0.3) is 0 Å². The van der Waals surface area contributed by atoms with Crippen molar-refractivity contribution in [1.29, 1.82) is 0 Å². The van der Waals surface area contributed by atoms with Gasteiger partial charge in [-0.25, -0.2) is 0 Å². The summed E-state index contributed by atoms with van der Waals surface area (Å²) in [4.78, 5) is 41.7. The third kappa shape index (κ3) is 6.83. The lowest BCUT2D eigenvalue weighted by Gasteiger charge is -2.26. The van der Waals surface area contributed by atoms with Crippen molar-refractivity contribution in [2.75, 3.05) is 56.2 Å². The first-order valence-electron chi connectivity index (χ1n) is 12.5. The van der Waals surface area contributed by atoms with Crippen LogP contribution in [0.4, 0.5) is 11.4 Å². The van der Waals surface area contributed by atoms with E-state index in [9.17, 15) is 14.4 Å². The highest BCUT2D eigenvalue weighted by Gasteiger charge is 2.36. The van der Waals surface area contributed by atoms with Crippen molar-refractivity contribution in [1.82, 2.24) is 10.2 Å². The SMILES string of the molecule is CCOc1ccccc1N1CC(C(=O)NCc2cccc(NC(=O)CCN3CCOCC3)c2)CC1=O. The molecule has 2 N–H and O–H groups in total. The molecule has 2 saturated heterocycles. The van der Waals surface area contributed by atoms with Gasteiger partial charge in [0.2, 0.25) is 17.7 Å². The Morgan fingerprint density at radius 2 is 1.92 bits per heavy atom. The summed E-state index contributed by atoms with van der Waals surface area (Å²) in [6, 6.07) is 14.8. The topological polar surface area (TPSA) is 100 Å². The lowest BCUT2D eigenvalue weighted by Crippen LogP contribution is -2.38. The van der Waals surface area contributed by atoms with Crippen LogP contribution in [0, 0.1) is 5.92 Å². The van der Waals surface area contributed by atoms with Gasteiger partial charge in [0, 0.05) is 51.3 Å². The van der Waals surface area contributed by atoms with Crippen molar-refractivity contribution in [3.63, 3.8) is 0 Å². The summed E-state index contributed by atoms with van der Waals surface area (Å²) in [6.45, 7) is 6.85. The van der Waals surface area contributed by atoms with Crippen LogP contribution in [0.5, 0.6) is 5.75 Å². The molecule has 9 nitrogen and oxygen atoms in total. The number of benzene rings is 2. The number of ether oxygens (including phenoxy) is 2. The summed E-state index contributed by atoms with van der Waals surface area (Å²) in [5, 5.41) is 5.88. The molecular weight excluding hydrogens is 460 g/mol. The fourth-order valence-corrected chi connectivity index (χ4v) is 4.47. The van der Waals surface area contributed by atoms with E-state index in [0.717, 1.165) is 18.7 Å². The second-order valence-electron chi connectivity index (χ2n) is 8.98. The molecule has 1 atom stereocenters. The van der Waals surface area contributed by atoms with Gasteiger partial charge in [-0.15, -0.1) is 0 Å². The van der Waals surface area contributed by atoms with Crippen LogP contribution in [0.15, 0.2) is 48.5 Å². The number of carbonyl (C=O) groups is 3. The van der Waals surface area contributed by atoms with Crippen LogP contribution in [0.3, 0.4) is 0 Å². The highest BCUT2D eigenvalue weighted by molar-refractivity contribution is 6.01. The largest absolute Gasteiger partial charge is 0.492 e. The van der Waals surface area contributed by atoms with Crippen LogP contribution in [-0.2, 0) is 25.7 Å². The predicted molar refractivity (Wildman–Crippen MR) is 137 cm³/mol. The molecule has 192 valence electrons. The van der Waals surface area contributed by atoms with Gasteiger partial charge in [-0.3, -0.25) is 19.3 Å². The third-order valence-electron chi connectivity index (χ3n) is 6.39. The normalized spacial score (nSPS) is 18.2. The Balaban J connectivity index is 1.27. The number of anilines is 2. The van der Waals surface area contributed by atoms with Crippen molar-refractivity contribution < 1.29 is 23.9 Å². The van der Waals surface area contributed by atoms with Crippen molar-refractivity contribution in [2.24, 2.45) is 5.92 Å². The van der Waals surface area contributed by atoms with E-state index in [1.807, 2.05) is 55.5 Å². The lowest BCUT2D eigenvalue weighted by atomic mass is 10.1. The Hall–Kier alpha value is -3.43. The molecular formula is C27H34N4O5. The van der Waals surface area contributed by atoms with Gasteiger partial charge in [0.1, 0.15) is 5.75 Å². The summed E-state index contributed by atoms with van der Waals surface area (Å²) in [7, 11) is 0. The summed E-state index contributed by atoms with van der Waals surface area (Å²) in [5.41, 5.74) is 2.26. The number of morpholine rings is 1. The minimum Gasteiger partial charge on any atom is -0.492 e. The number of nitrogens with zero attached hydrogens (tertiary/aromatic N) is 2. The standard InChI is InChI=1S/C27H34N4O5/c1-2-36-24-9-4-3-8-23(24)31-19-21(17-26(31)33)27(34)28-18-20-6-5-7-22(16-20)29-25(32)10-11-30-12-14-35-15-13-30/h3-9,16,21H,2,10-15,17-19H2,1H3,(H,28,34)(H,29,32). The Morgan fingerprint density at radius 1 is 1.11 bits per heavy atom. The third-order valence-corrected chi connectivity index (χ3v) is 6.39. The number of para-hydroxylation sites is 2. The van der Waals surface area contributed by atoms with E-state index in [-0.39, 0.29) is 24.1 Å². The molecule has 1 unspecified atom stereocenters. The van der Waals surface area contributed by atoms with Crippen LogP contribution in [0.1, 0.15) is 25.3 Å². The predicted octanol–water partition coefficient (Wildman–Crippen LogP) is 2.42. The Bertz CT molecular complexity index is 1070. The number of amides is 3. The second-order valence-corrected chi connectivity index (χ2v) is 8.98. The lowest BCUT2D eigenvalue weighted by molar-refractivity contribution is -0.126. The average molecular weight is 495 g/mol. The number of rotatable bonds is 10. The second kappa shape index (κ2) is 12.5. The molecule has 4 rings (SSSR count). The summed E-state index contributed by atoms with van der Waals surface area (Å²) >= 11 is 0. The molecule has 2 heterocycles. The highest BCUT2D eigenvalue weighted by Crippen LogP contribution is 2.33. The minimum atomic E-state index is -0.435. The Kier molecular flexibility index (Phi) is 8.91. The van der Waals surface area contributed by atoms with E-state index in [4.69, 9.17) is 9.47 Å². The van der Waals surface area contributed by atoms with Crippen molar-refractivity contribution in [2.45, 2.75) is 26.3 Å². The van der Waals surface area contributed by atoms with Gasteiger partial charge in [0.25, 0.3) is 0 Å². The van der Waals surface area contributed by atoms with Gasteiger partial charge in [-0.05, 0) is 36.8 Å². The summed E-state index contributed by atoms with van der Waals surface area (Å²) in [5.74, 6) is -0.100. The van der Waals surface area contributed by atoms with Gasteiger partial charge in [0.05, 0.1) is 31.4 Å². The molecule has 2 fully saturated rings. The monoisotopic (exact) mass is 494 g/mol. The maximum atomic E-state index is 12.8. The zero-order valence-corrected chi connectivity index (χ0v) is 20.7. The van der Waals surface area contributed by atoms with Crippen molar-refractivity contribution >= 4 is 29.1 Å².